The Morgan fingerprint density at radius 1 is 1.15 bits per heavy atom. The van der Waals surface area contributed by atoms with Crippen molar-refractivity contribution < 1.29 is 12.8 Å². The van der Waals surface area contributed by atoms with Crippen molar-refractivity contribution >= 4 is 27.3 Å². The van der Waals surface area contributed by atoms with Gasteiger partial charge in [0.25, 0.3) is 0 Å². The molecule has 0 radical (unpaired) electrons. The van der Waals surface area contributed by atoms with Gasteiger partial charge in [-0.25, -0.2) is 8.42 Å². The van der Waals surface area contributed by atoms with Gasteiger partial charge in [0.15, 0.2) is 9.84 Å². The van der Waals surface area contributed by atoms with Crippen LogP contribution in [0.3, 0.4) is 0 Å². The van der Waals surface area contributed by atoms with Crippen LogP contribution in [0, 0.1) is 0 Å². The summed E-state index contributed by atoms with van der Waals surface area (Å²) in [4.78, 5) is 0.302. The van der Waals surface area contributed by atoms with Crippen LogP contribution in [0.5, 0.6) is 0 Å². The minimum absolute atomic E-state index is 0.302. The summed E-state index contributed by atoms with van der Waals surface area (Å²) in [6.07, 6.45) is 3.22. The van der Waals surface area contributed by atoms with Crippen LogP contribution in [0.1, 0.15) is 11.5 Å². The van der Waals surface area contributed by atoms with E-state index in [1.165, 1.54) is 6.26 Å². The van der Waals surface area contributed by atoms with E-state index in [2.05, 4.69) is 5.32 Å². The zero-order valence-electron chi connectivity index (χ0n) is 11.4. The Kier molecular flexibility index (Phi) is 4.77. The second-order valence-electron chi connectivity index (χ2n) is 4.42. The van der Waals surface area contributed by atoms with Crippen molar-refractivity contribution in [1.29, 1.82) is 0 Å². The van der Waals surface area contributed by atoms with E-state index in [-0.39, 0.29) is 0 Å². The summed E-state index contributed by atoms with van der Waals surface area (Å²) in [5.41, 5.74) is 0.595. The van der Waals surface area contributed by atoms with E-state index in [0.29, 0.717) is 17.1 Å². The van der Waals surface area contributed by atoms with Gasteiger partial charge in [0.05, 0.1) is 22.9 Å². The Labute approximate surface area is 123 Å². The number of rotatable bonds is 6. The maximum absolute atomic E-state index is 11.7. The van der Waals surface area contributed by atoms with Gasteiger partial charge in [0, 0.05) is 6.26 Å². The van der Waals surface area contributed by atoms with E-state index < -0.39 is 9.84 Å². The molecule has 0 aliphatic rings. The highest BCUT2D eigenvalue weighted by molar-refractivity contribution is 7.97. The molecule has 4 nitrogen and oxygen atoms in total. The Morgan fingerprint density at radius 3 is 2.55 bits per heavy atom. The van der Waals surface area contributed by atoms with E-state index in [9.17, 15) is 8.42 Å². The molecule has 1 heterocycles. The van der Waals surface area contributed by atoms with Crippen LogP contribution in [0.15, 0.2) is 45.7 Å². The lowest BCUT2D eigenvalue weighted by molar-refractivity contribution is 0.487. The molecule has 0 saturated carbocycles. The second-order valence-corrected chi connectivity index (χ2v) is 7.27. The first-order valence-electron chi connectivity index (χ1n) is 6.10. The summed E-state index contributed by atoms with van der Waals surface area (Å²) in [7, 11) is -3.24. The average molecular weight is 311 g/mol. The number of hydrogen-bond donors (Lipinski definition) is 1. The lowest BCUT2D eigenvalue weighted by Crippen LogP contribution is -2.05. The fourth-order valence-corrected chi connectivity index (χ4v) is 3.16. The standard InChI is InChI=1S/C14H17NO3S2/c1-19-10-12-8-7-11(18-12)9-15-13-5-3-4-6-14(13)20(2,16)17/h3-8,15H,9-10H2,1-2H3. The molecule has 6 heteroatoms. The summed E-state index contributed by atoms with van der Waals surface area (Å²) >= 11 is 1.69. The van der Waals surface area contributed by atoms with Gasteiger partial charge in [0.2, 0.25) is 0 Å². The number of sulfone groups is 1. The van der Waals surface area contributed by atoms with Crippen LogP contribution in [-0.2, 0) is 22.1 Å². The predicted molar refractivity (Wildman–Crippen MR) is 82.8 cm³/mol. The van der Waals surface area contributed by atoms with E-state index in [0.717, 1.165) is 17.3 Å². The van der Waals surface area contributed by atoms with Crippen molar-refractivity contribution in [3.05, 3.63) is 47.9 Å². The van der Waals surface area contributed by atoms with Crippen LogP contribution in [-0.4, -0.2) is 20.9 Å². The SMILES string of the molecule is CSCc1ccc(CNc2ccccc2S(C)(=O)=O)o1. The smallest absolute Gasteiger partial charge is 0.177 e. The average Bonchev–Trinajstić information content (AvgIpc) is 2.84. The zero-order chi connectivity index (χ0) is 14.6. The molecule has 0 atom stereocenters. The predicted octanol–water partition coefficient (Wildman–Crippen LogP) is 3.16. The third-order valence-corrected chi connectivity index (χ3v) is 4.47. The van der Waals surface area contributed by atoms with Crippen LogP contribution in [0.25, 0.3) is 0 Å². The van der Waals surface area contributed by atoms with Gasteiger partial charge in [-0.1, -0.05) is 12.1 Å². The highest BCUT2D eigenvalue weighted by atomic mass is 32.2. The fraction of sp³-hybridized carbons (Fsp3) is 0.286. The third kappa shape index (κ3) is 3.80. The molecular weight excluding hydrogens is 294 g/mol. The summed E-state index contributed by atoms with van der Waals surface area (Å²) in [6.45, 7) is 0.459. The molecule has 0 unspecified atom stereocenters. The Hall–Kier alpha value is -1.40. The van der Waals surface area contributed by atoms with Crippen molar-refractivity contribution in [3.63, 3.8) is 0 Å². The number of anilines is 1. The largest absolute Gasteiger partial charge is 0.463 e. The molecule has 20 heavy (non-hydrogen) atoms. The van der Waals surface area contributed by atoms with Crippen molar-refractivity contribution in [2.45, 2.75) is 17.2 Å². The highest BCUT2D eigenvalue weighted by Gasteiger charge is 2.12. The van der Waals surface area contributed by atoms with E-state index in [1.807, 2.05) is 18.4 Å². The number of para-hydroxylation sites is 1. The normalized spacial score (nSPS) is 11.5. The van der Waals surface area contributed by atoms with Crippen LogP contribution < -0.4 is 5.32 Å². The Morgan fingerprint density at radius 2 is 1.85 bits per heavy atom. The molecule has 0 aliphatic carbocycles. The van der Waals surface area contributed by atoms with Crippen molar-refractivity contribution in [1.82, 2.24) is 0 Å². The molecule has 1 N–H and O–H groups in total. The Balaban J connectivity index is 2.11. The molecule has 0 fully saturated rings. The Bertz CT molecular complexity index is 677. The van der Waals surface area contributed by atoms with Gasteiger partial charge in [-0.3, -0.25) is 0 Å². The summed E-state index contributed by atoms with van der Waals surface area (Å²) in [5.74, 6) is 2.54. The summed E-state index contributed by atoms with van der Waals surface area (Å²) < 4.78 is 29.0. The quantitative estimate of drug-likeness (QED) is 0.888. The monoisotopic (exact) mass is 311 g/mol. The molecule has 1 aromatic heterocycles. The van der Waals surface area contributed by atoms with Gasteiger partial charge in [-0.05, 0) is 30.5 Å². The van der Waals surface area contributed by atoms with Crippen molar-refractivity contribution in [3.8, 4) is 0 Å². The molecule has 2 rings (SSSR count). The molecular formula is C14H17NO3S2. The lowest BCUT2D eigenvalue weighted by atomic mass is 10.3. The van der Waals surface area contributed by atoms with Gasteiger partial charge in [-0.15, -0.1) is 0 Å². The van der Waals surface area contributed by atoms with Crippen LogP contribution >= 0.6 is 11.8 Å². The molecule has 0 spiro atoms. The number of furan rings is 1. The highest BCUT2D eigenvalue weighted by Crippen LogP contribution is 2.22. The van der Waals surface area contributed by atoms with Gasteiger partial charge in [0.1, 0.15) is 11.5 Å². The van der Waals surface area contributed by atoms with E-state index in [4.69, 9.17) is 4.42 Å². The molecule has 0 bridgehead atoms. The van der Waals surface area contributed by atoms with E-state index >= 15 is 0 Å². The molecule has 108 valence electrons. The van der Waals surface area contributed by atoms with E-state index in [1.54, 1.807) is 36.0 Å². The molecule has 0 amide bonds. The topological polar surface area (TPSA) is 59.3 Å². The first-order chi connectivity index (χ1) is 9.50. The maximum Gasteiger partial charge on any atom is 0.177 e. The number of thioether (sulfide) groups is 1. The van der Waals surface area contributed by atoms with Gasteiger partial charge < -0.3 is 9.73 Å². The number of nitrogens with one attached hydrogen (secondary N) is 1. The zero-order valence-corrected chi connectivity index (χ0v) is 13.1. The summed E-state index contributed by atoms with van der Waals surface area (Å²) in [6, 6.07) is 10.7. The molecule has 0 aliphatic heterocycles. The minimum Gasteiger partial charge on any atom is -0.463 e. The minimum atomic E-state index is -3.24. The maximum atomic E-state index is 11.7. The van der Waals surface area contributed by atoms with Crippen LogP contribution in [0.2, 0.25) is 0 Å². The third-order valence-electron chi connectivity index (χ3n) is 2.74. The van der Waals surface area contributed by atoms with Crippen LogP contribution in [0.4, 0.5) is 5.69 Å². The molecule has 2 aromatic rings. The summed E-state index contributed by atoms with van der Waals surface area (Å²) in [5, 5.41) is 3.11. The molecule has 0 saturated heterocycles. The second kappa shape index (κ2) is 6.37. The molecule has 1 aromatic carbocycles. The number of benzene rings is 1. The first-order valence-corrected chi connectivity index (χ1v) is 9.38. The first kappa shape index (κ1) is 15.0. The lowest BCUT2D eigenvalue weighted by Gasteiger charge is -2.09. The van der Waals surface area contributed by atoms with Crippen molar-refractivity contribution in [2.24, 2.45) is 0 Å². The van der Waals surface area contributed by atoms with Crippen molar-refractivity contribution in [2.75, 3.05) is 17.8 Å². The number of hydrogen-bond acceptors (Lipinski definition) is 5. The van der Waals surface area contributed by atoms with Gasteiger partial charge >= 0.3 is 0 Å². The van der Waals surface area contributed by atoms with Gasteiger partial charge in [-0.2, -0.15) is 11.8 Å². The fourth-order valence-electron chi connectivity index (χ4n) is 1.86.